The lowest BCUT2D eigenvalue weighted by atomic mass is 10.1. The molecule has 2 aromatic carbocycles. The summed E-state index contributed by atoms with van der Waals surface area (Å²) in [7, 11) is 0. The number of amides is 3. The van der Waals surface area contributed by atoms with Crippen molar-refractivity contribution in [2.75, 3.05) is 16.0 Å². The van der Waals surface area contributed by atoms with Gasteiger partial charge in [-0.1, -0.05) is 12.1 Å². The molecule has 0 saturated carbocycles. The molecule has 0 aliphatic rings. The predicted octanol–water partition coefficient (Wildman–Crippen LogP) is 2.81. The number of hydrogen-bond donors (Lipinski definition) is 2. The van der Waals surface area contributed by atoms with Crippen LogP contribution in [-0.2, 0) is 20.6 Å². The third kappa shape index (κ3) is 4.18. The lowest BCUT2D eigenvalue weighted by Crippen LogP contribution is -2.43. The Morgan fingerprint density at radius 2 is 1.58 bits per heavy atom. The summed E-state index contributed by atoms with van der Waals surface area (Å²) in [6, 6.07) is 9.70. The summed E-state index contributed by atoms with van der Waals surface area (Å²) in [5.41, 5.74) is 4.27. The number of carbonyl (C=O) groups excluding carboxylic acids is 3. The highest BCUT2D eigenvalue weighted by Crippen LogP contribution is 2.34. The number of nitrogens with one attached hydrogen (secondary N) is 1. The Hall–Kier alpha value is -3.36. The van der Waals surface area contributed by atoms with Crippen LogP contribution in [0.15, 0.2) is 48.5 Å². The third-order valence-electron chi connectivity index (χ3n) is 3.34. The quantitative estimate of drug-likeness (QED) is 0.632. The maximum atomic E-state index is 13.0. The SMILES string of the molecule is CC(=O)N(C(=O)C(=O)Nc1ccccc1C(F)(F)F)c1ccc(N)cc1. The van der Waals surface area contributed by atoms with Crippen LogP contribution in [0.25, 0.3) is 0 Å². The average molecular weight is 365 g/mol. The fraction of sp³-hybridized carbons (Fsp3) is 0.118. The molecule has 0 fully saturated rings. The summed E-state index contributed by atoms with van der Waals surface area (Å²) in [6.07, 6.45) is -4.72. The molecule has 0 saturated heterocycles. The number of rotatable bonds is 2. The third-order valence-corrected chi connectivity index (χ3v) is 3.34. The number of nitrogens with zero attached hydrogens (tertiary/aromatic N) is 1. The first-order valence-corrected chi connectivity index (χ1v) is 7.29. The molecule has 0 aromatic heterocycles. The Balaban J connectivity index is 2.30. The van der Waals surface area contributed by atoms with E-state index >= 15 is 0 Å². The summed E-state index contributed by atoms with van der Waals surface area (Å²) in [6.45, 7) is 1.05. The van der Waals surface area contributed by atoms with Gasteiger partial charge < -0.3 is 11.1 Å². The lowest BCUT2D eigenvalue weighted by Gasteiger charge is -2.19. The second-order valence-corrected chi connectivity index (χ2v) is 5.25. The molecule has 0 radical (unpaired) electrons. The zero-order chi connectivity index (χ0) is 19.5. The van der Waals surface area contributed by atoms with Crippen molar-refractivity contribution in [2.45, 2.75) is 13.1 Å². The minimum Gasteiger partial charge on any atom is -0.399 e. The molecule has 3 N–H and O–H groups in total. The highest BCUT2D eigenvalue weighted by molar-refractivity contribution is 6.48. The molecule has 2 rings (SSSR count). The number of imide groups is 1. The van der Waals surface area contributed by atoms with E-state index in [0.717, 1.165) is 25.1 Å². The van der Waals surface area contributed by atoms with Crippen LogP contribution >= 0.6 is 0 Å². The molecule has 0 spiro atoms. The van der Waals surface area contributed by atoms with Crippen molar-refractivity contribution in [3.05, 3.63) is 54.1 Å². The normalized spacial score (nSPS) is 10.9. The van der Waals surface area contributed by atoms with Crippen LogP contribution < -0.4 is 16.0 Å². The number of anilines is 3. The van der Waals surface area contributed by atoms with Crippen LogP contribution in [0.3, 0.4) is 0 Å². The van der Waals surface area contributed by atoms with Crippen molar-refractivity contribution in [1.82, 2.24) is 0 Å². The van der Waals surface area contributed by atoms with Gasteiger partial charge in [0.25, 0.3) is 0 Å². The first-order chi connectivity index (χ1) is 12.1. The standard InChI is InChI=1S/C17H14F3N3O3/c1-10(24)23(12-8-6-11(21)7-9-12)16(26)15(25)22-14-5-3-2-4-13(14)17(18,19)20/h2-9H,21H2,1H3,(H,22,25). The second kappa shape index (κ2) is 7.26. The van der Waals surface area contributed by atoms with Crippen LogP contribution in [0.2, 0.25) is 0 Å². The van der Waals surface area contributed by atoms with Gasteiger partial charge in [-0.3, -0.25) is 14.4 Å². The topological polar surface area (TPSA) is 92.5 Å². The van der Waals surface area contributed by atoms with Crippen molar-refractivity contribution in [1.29, 1.82) is 0 Å². The molecule has 0 aliphatic heterocycles. The maximum Gasteiger partial charge on any atom is 0.418 e. The van der Waals surface area contributed by atoms with E-state index in [2.05, 4.69) is 0 Å². The van der Waals surface area contributed by atoms with E-state index < -0.39 is 35.1 Å². The zero-order valence-electron chi connectivity index (χ0n) is 13.5. The number of para-hydroxylation sites is 1. The Morgan fingerprint density at radius 1 is 1.00 bits per heavy atom. The molecule has 0 bridgehead atoms. The van der Waals surface area contributed by atoms with E-state index in [1.807, 2.05) is 5.32 Å². The van der Waals surface area contributed by atoms with Crippen molar-refractivity contribution in [3.63, 3.8) is 0 Å². The van der Waals surface area contributed by atoms with Crippen LogP contribution in [0.4, 0.5) is 30.2 Å². The van der Waals surface area contributed by atoms with Gasteiger partial charge in [-0.25, -0.2) is 4.90 Å². The van der Waals surface area contributed by atoms with Crippen molar-refractivity contribution >= 4 is 34.8 Å². The van der Waals surface area contributed by atoms with Crippen molar-refractivity contribution in [2.24, 2.45) is 0 Å². The van der Waals surface area contributed by atoms with E-state index in [0.29, 0.717) is 10.6 Å². The van der Waals surface area contributed by atoms with Gasteiger partial charge >= 0.3 is 18.0 Å². The Morgan fingerprint density at radius 3 is 2.12 bits per heavy atom. The monoisotopic (exact) mass is 365 g/mol. The first-order valence-electron chi connectivity index (χ1n) is 7.29. The van der Waals surface area contributed by atoms with Gasteiger partial charge in [0.2, 0.25) is 5.91 Å². The van der Waals surface area contributed by atoms with Gasteiger partial charge in [-0.2, -0.15) is 13.2 Å². The molecule has 0 atom stereocenters. The largest absolute Gasteiger partial charge is 0.418 e. The van der Waals surface area contributed by atoms with E-state index in [1.165, 1.54) is 30.3 Å². The van der Waals surface area contributed by atoms with Gasteiger partial charge in [-0.15, -0.1) is 0 Å². The zero-order valence-corrected chi connectivity index (χ0v) is 13.5. The van der Waals surface area contributed by atoms with Crippen LogP contribution in [0.5, 0.6) is 0 Å². The van der Waals surface area contributed by atoms with E-state index in [-0.39, 0.29) is 5.69 Å². The molecular formula is C17H14F3N3O3. The van der Waals surface area contributed by atoms with E-state index in [4.69, 9.17) is 5.73 Å². The second-order valence-electron chi connectivity index (χ2n) is 5.25. The average Bonchev–Trinajstić information content (AvgIpc) is 2.56. The number of halogens is 3. The summed E-state index contributed by atoms with van der Waals surface area (Å²) >= 11 is 0. The molecule has 0 aliphatic carbocycles. The predicted molar refractivity (Wildman–Crippen MR) is 89.1 cm³/mol. The highest BCUT2D eigenvalue weighted by atomic mass is 19.4. The smallest absolute Gasteiger partial charge is 0.399 e. The summed E-state index contributed by atoms with van der Waals surface area (Å²) in [4.78, 5) is 36.8. The molecule has 0 heterocycles. The van der Waals surface area contributed by atoms with E-state index in [1.54, 1.807) is 0 Å². The molecular weight excluding hydrogens is 351 g/mol. The summed E-state index contributed by atoms with van der Waals surface area (Å²) in [5.74, 6) is -3.48. The van der Waals surface area contributed by atoms with Gasteiger partial charge in [0.15, 0.2) is 0 Å². The summed E-state index contributed by atoms with van der Waals surface area (Å²) < 4.78 is 38.9. The summed E-state index contributed by atoms with van der Waals surface area (Å²) in [5, 5.41) is 1.91. The fourth-order valence-corrected chi connectivity index (χ4v) is 2.18. The molecule has 3 amide bonds. The highest BCUT2D eigenvalue weighted by Gasteiger charge is 2.35. The number of benzene rings is 2. The number of hydrogen-bond acceptors (Lipinski definition) is 4. The van der Waals surface area contributed by atoms with Gasteiger partial charge in [0.05, 0.1) is 16.9 Å². The van der Waals surface area contributed by atoms with Crippen LogP contribution in [0.1, 0.15) is 12.5 Å². The molecule has 9 heteroatoms. The van der Waals surface area contributed by atoms with Gasteiger partial charge in [0.1, 0.15) is 0 Å². The van der Waals surface area contributed by atoms with Gasteiger partial charge in [0, 0.05) is 12.6 Å². The molecule has 2 aromatic rings. The van der Waals surface area contributed by atoms with E-state index in [9.17, 15) is 27.6 Å². The number of carbonyl (C=O) groups is 3. The maximum absolute atomic E-state index is 13.0. The van der Waals surface area contributed by atoms with Crippen molar-refractivity contribution in [3.8, 4) is 0 Å². The number of nitrogens with two attached hydrogens (primary N) is 1. The molecule has 136 valence electrons. The molecule has 26 heavy (non-hydrogen) atoms. The van der Waals surface area contributed by atoms with Crippen LogP contribution in [-0.4, -0.2) is 17.7 Å². The first kappa shape index (κ1) is 19.0. The number of nitrogen functional groups attached to an aromatic ring is 1. The Labute approximate surface area is 146 Å². The fourth-order valence-electron chi connectivity index (χ4n) is 2.18. The van der Waals surface area contributed by atoms with Crippen LogP contribution in [0, 0.1) is 0 Å². The van der Waals surface area contributed by atoms with Gasteiger partial charge in [-0.05, 0) is 36.4 Å². The number of alkyl halides is 3. The lowest BCUT2D eigenvalue weighted by molar-refractivity contribution is -0.138. The Kier molecular flexibility index (Phi) is 5.30. The van der Waals surface area contributed by atoms with Crippen molar-refractivity contribution < 1.29 is 27.6 Å². The Bertz CT molecular complexity index is 848. The molecule has 6 nitrogen and oxygen atoms in total. The molecule has 0 unspecified atom stereocenters. The minimum atomic E-state index is -4.72. The minimum absolute atomic E-state index is 0.0657.